The number of benzene rings is 2. The second-order valence-electron chi connectivity index (χ2n) is 7.99. The predicted octanol–water partition coefficient (Wildman–Crippen LogP) is 5.17. The molecule has 0 saturated heterocycles. The van der Waals surface area contributed by atoms with Crippen molar-refractivity contribution in [2.24, 2.45) is 0 Å². The smallest absolute Gasteiger partial charge is 0.358 e. The van der Waals surface area contributed by atoms with E-state index in [2.05, 4.69) is 15.5 Å². The van der Waals surface area contributed by atoms with Crippen molar-refractivity contribution in [2.45, 2.75) is 24.7 Å². The SMILES string of the molecule is CSCOC(=O)C(=N)/C(Cl)=C(\Nc1ccccc1C(C)C)c1noc(-c2cccc(S(C)(=O)=O)c2)n1. The molecule has 0 spiro atoms. The van der Waals surface area contributed by atoms with Crippen LogP contribution in [-0.2, 0) is 19.4 Å². The lowest BCUT2D eigenvalue weighted by molar-refractivity contribution is -0.133. The zero-order valence-corrected chi connectivity index (χ0v) is 22.4. The minimum Gasteiger partial charge on any atom is -0.450 e. The highest BCUT2D eigenvalue weighted by Gasteiger charge is 2.24. The molecule has 0 saturated carbocycles. The fourth-order valence-electron chi connectivity index (χ4n) is 3.16. The molecule has 12 heteroatoms. The number of hydrogen-bond donors (Lipinski definition) is 2. The van der Waals surface area contributed by atoms with Gasteiger partial charge in [-0.1, -0.05) is 54.9 Å². The van der Waals surface area contributed by atoms with Crippen LogP contribution >= 0.6 is 23.4 Å². The van der Waals surface area contributed by atoms with E-state index in [1.165, 1.54) is 23.9 Å². The Labute approximate surface area is 218 Å². The van der Waals surface area contributed by atoms with Crippen LogP contribution in [0.25, 0.3) is 17.2 Å². The number of esters is 1. The first-order chi connectivity index (χ1) is 17.0. The summed E-state index contributed by atoms with van der Waals surface area (Å²) in [5.74, 6) is -0.684. The molecule has 0 aliphatic rings. The summed E-state index contributed by atoms with van der Waals surface area (Å²) in [6.07, 6.45) is 2.85. The van der Waals surface area contributed by atoms with Gasteiger partial charge >= 0.3 is 5.97 Å². The van der Waals surface area contributed by atoms with E-state index >= 15 is 0 Å². The van der Waals surface area contributed by atoms with E-state index < -0.39 is 21.5 Å². The lowest BCUT2D eigenvalue weighted by atomic mass is 10.0. The Morgan fingerprint density at radius 2 is 1.94 bits per heavy atom. The van der Waals surface area contributed by atoms with Gasteiger partial charge in [-0.05, 0) is 42.0 Å². The second kappa shape index (κ2) is 11.7. The number of sulfone groups is 1. The number of hydrogen-bond acceptors (Lipinski definition) is 10. The molecule has 2 N–H and O–H groups in total. The minimum atomic E-state index is -3.45. The van der Waals surface area contributed by atoms with E-state index in [4.69, 9.17) is 26.3 Å². The van der Waals surface area contributed by atoms with Crippen LogP contribution in [0, 0.1) is 5.41 Å². The number of rotatable bonds is 10. The number of anilines is 1. The first kappa shape index (κ1) is 27.4. The van der Waals surface area contributed by atoms with Crippen LogP contribution in [0.4, 0.5) is 5.69 Å². The molecular weight excluding hydrogens is 524 g/mol. The molecule has 3 aromatic rings. The van der Waals surface area contributed by atoms with Crippen molar-refractivity contribution in [1.29, 1.82) is 5.41 Å². The molecule has 0 bridgehead atoms. The van der Waals surface area contributed by atoms with Gasteiger partial charge in [0, 0.05) is 17.5 Å². The first-order valence-corrected chi connectivity index (χ1v) is 14.3. The zero-order valence-electron chi connectivity index (χ0n) is 20.0. The number of thioether (sulfide) groups is 1. The zero-order chi connectivity index (χ0) is 26.5. The summed E-state index contributed by atoms with van der Waals surface area (Å²) in [4.78, 5) is 16.8. The fraction of sp³-hybridized carbons (Fsp3) is 0.250. The maximum atomic E-state index is 12.3. The monoisotopic (exact) mass is 548 g/mol. The first-order valence-electron chi connectivity index (χ1n) is 10.7. The minimum absolute atomic E-state index is 0.0271. The fourth-order valence-corrected chi connectivity index (χ4v) is 4.26. The predicted molar refractivity (Wildman–Crippen MR) is 142 cm³/mol. The van der Waals surface area contributed by atoms with E-state index in [1.54, 1.807) is 18.4 Å². The van der Waals surface area contributed by atoms with Gasteiger partial charge < -0.3 is 14.6 Å². The normalized spacial score (nSPS) is 12.3. The van der Waals surface area contributed by atoms with Crippen LogP contribution in [-0.4, -0.2) is 48.7 Å². The third-order valence-electron chi connectivity index (χ3n) is 4.95. The van der Waals surface area contributed by atoms with Crippen LogP contribution in [0.2, 0.25) is 0 Å². The Bertz CT molecular complexity index is 1420. The molecule has 190 valence electrons. The number of carbonyl (C=O) groups is 1. The summed E-state index contributed by atoms with van der Waals surface area (Å²) >= 11 is 7.79. The van der Waals surface area contributed by atoms with Crippen molar-refractivity contribution in [1.82, 2.24) is 10.1 Å². The average molecular weight is 549 g/mol. The molecule has 36 heavy (non-hydrogen) atoms. The van der Waals surface area contributed by atoms with Crippen molar-refractivity contribution in [2.75, 3.05) is 23.8 Å². The summed E-state index contributed by atoms with van der Waals surface area (Å²) in [6.45, 7) is 4.04. The van der Waals surface area contributed by atoms with Crippen molar-refractivity contribution in [3.8, 4) is 11.5 Å². The van der Waals surface area contributed by atoms with Crippen molar-refractivity contribution < 1.29 is 22.5 Å². The highest BCUT2D eigenvalue weighted by Crippen LogP contribution is 2.30. The van der Waals surface area contributed by atoms with E-state index in [0.29, 0.717) is 11.3 Å². The molecule has 0 radical (unpaired) electrons. The Hall–Kier alpha value is -3.15. The Morgan fingerprint density at radius 1 is 1.22 bits per heavy atom. The van der Waals surface area contributed by atoms with Crippen LogP contribution in [0.1, 0.15) is 31.2 Å². The highest BCUT2D eigenvalue weighted by atomic mass is 35.5. The van der Waals surface area contributed by atoms with Gasteiger partial charge in [0.15, 0.2) is 15.5 Å². The van der Waals surface area contributed by atoms with Gasteiger partial charge in [0.05, 0.1) is 4.90 Å². The number of carbonyl (C=O) groups excluding carboxylic acids is 1. The van der Waals surface area contributed by atoms with Crippen molar-refractivity contribution >= 4 is 56.3 Å². The van der Waals surface area contributed by atoms with E-state index in [9.17, 15) is 13.2 Å². The Kier molecular flexibility index (Phi) is 8.93. The lowest BCUT2D eigenvalue weighted by Crippen LogP contribution is -2.19. The standard InChI is InChI=1S/C24H25ClN4O5S2/c1-14(2)17-10-5-6-11-18(17)27-21(19(25)20(26)24(30)33-13-35-3)22-28-23(34-29-22)15-8-7-9-16(12-15)36(4,31)32/h5-12,14,26-27H,13H2,1-4H3/b21-19+,26-20?. The van der Waals surface area contributed by atoms with Crippen LogP contribution in [0.3, 0.4) is 0 Å². The molecule has 0 amide bonds. The van der Waals surface area contributed by atoms with Gasteiger partial charge in [0.25, 0.3) is 5.89 Å². The second-order valence-corrected chi connectivity index (χ2v) is 11.2. The van der Waals surface area contributed by atoms with Crippen molar-refractivity contribution in [3.05, 3.63) is 65.0 Å². The molecular formula is C24H25ClN4O5S2. The van der Waals surface area contributed by atoms with E-state index in [0.717, 1.165) is 11.8 Å². The summed E-state index contributed by atoms with van der Waals surface area (Å²) in [5.41, 5.74) is 1.49. The quantitative estimate of drug-likeness (QED) is 0.200. The van der Waals surface area contributed by atoms with E-state index in [-0.39, 0.29) is 39.2 Å². The highest BCUT2D eigenvalue weighted by molar-refractivity contribution is 7.98. The number of halogens is 1. The average Bonchev–Trinajstić information content (AvgIpc) is 3.34. The topological polar surface area (TPSA) is 135 Å². The molecule has 9 nitrogen and oxygen atoms in total. The summed E-state index contributed by atoms with van der Waals surface area (Å²) in [6, 6.07) is 13.6. The van der Waals surface area contributed by atoms with Crippen LogP contribution in [0.5, 0.6) is 0 Å². The summed E-state index contributed by atoms with van der Waals surface area (Å²) in [7, 11) is -3.45. The molecule has 1 aromatic heterocycles. The molecule has 0 unspecified atom stereocenters. The summed E-state index contributed by atoms with van der Waals surface area (Å²) in [5, 5.41) is 15.1. The van der Waals surface area contributed by atoms with Crippen LogP contribution in [0.15, 0.2) is 63.0 Å². The number of nitrogens with zero attached hydrogens (tertiary/aromatic N) is 2. The number of aromatic nitrogens is 2. The third kappa shape index (κ3) is 6.54. The molecule has 0 aliphatic heterocycles. The van der Waals surface area contributed by atoms with Gasteiger partial charge in [0.2, 0.25) is 5.82 Å². The third-order valence-corrected chi connectivity index (χ3v) is 6.79. The molecule has 3 rings (SSSR count). The largest absolute Gasteiger partial charge is 0.450 e. The van der Waals surface area contributed by atoms with Gasteiger partial charge in [-0.2, -0.15) is 4.98 Å². The number of ether oxygens (including phenoxy) is 1. The maximum Gasteiger partial charge on any atom is 0.358 e. The lowest BCUT2D eigenvalue weighted by Gasteiger charge is -2.16. The maximum absolute atomic E-state index is 12.3. The van der Waals surface area contributed by atoms with E-state index in [1.807, 2.05) is 38.1 Å². The summed E-state index contributed by atoms with van der Waals surface area (Å²) < 4.78 is 34.3. The Morgan fingerprint density at radius 3 is 2.61 bits per heavy atom. The van der Waals surface area contributed by atoms with Gasteiger partial charge in [0.1, 0.15) is 16.7 Å². The van der Waals surface area contributed by atoms with Gasteiger partial charge in [-0.3, -0.25) is 5.41 Å². The van der Waals surface area contributed by atoms with Gasteiger partial charge in [-0.25, -0.2) is 13.2 Å². The van der Waals surface area contributed by atoms with Gasteiger partial charge in [-0.15, -0.1) is 11.8 Å². The molecule has 2 aromatic carbocycles. The molecule has 0 aliphatic carbocycles. The molecule has 1 heterocycles. The Balaban J connectivity index is 2.09. The molecule has 0 atom stereocenters. The van der Waals surface area contributed by atoms with Crippen LogP contribution < -0.4 is 5.32 Å². The number of nitrogens with one attached hydrogen (secondary N) is 2. The van der Waals surface area contributed by atoms with Crippen molar-refractivity contribution in [3.63, 3.8) is 0 Å². The number of para-hydroxylation sites is 1. The molecule has 0 fully saturated rings.